The van der Waals surface area contributed by atoms with E-state index < -0.39 is 0 Å². The maximum atomic E-state index is 9.66. The Morgan fingerprint density at radius 2 is 2.16 bits per heavy atom. The first-order valence-corrected chi connectivity index (χ1v) is 10.4. The van der Waals surface area contributed by atoms with E-state index in [0.29, 0.717) is 24.8 Å². The Balaban J connectivity index is 1.42. The smallest absolute Gasteiger partial charge is 0.150 e. The van der Waals surface area contributed by atoms with Crippen LogP contribution in [0.3, 0.4) is 0 Å². The third-order valence-electron chi connectivity index (χ3n) is 5.07. The molecule has 31 heavy (non-hydrogen) atoms. The Hall–Kier alpha value is -3.07. The van der Waals surface area contributed by atoms with E-state index in [1.54, 1.807) is 18.6 Å². The van der Waals surface area contributed by atoms with E-state index in [9.17, 15) is 5.11 Å². The lowest BCUT2D eigenvalue weighted by Crippen LogP contribution is -2.38. The van der Waals surface area contributed by atoms with Gasteiger partial charge in [-0.1, -0.05) is 12.1 Å². The molecule has 0 unspecified atom stereocenters. The van der Waals surface area contributed by atoms with Crippen molar-refractivity contribution in [2.45, 2.75) is 26.2 Å². The molecule has 162 valence electrons. The van der Waals surface area contributed by atoms with Crippen molar-refractivity contribution >= 4 is 11.6 Å². The number of anilines is 2. The average Bonchev–Trinajstić information content (AvgIpc) is 2.81. The predicted molar refractivity (Wildman–Crippen MR) is 117 cm³/mol. The zero-order valence-corrected chi connectivity index (χ0v) is 17.6. The van der Waals surface area contributed by atoms with E-state index in [2.05, 4.69) is 26.3 Å². The highest BCUT2D eigenvalue weighted by Gasteiger charge is 2.23. The SMILES string of the molecule is CCOc1ccc(CN2CCO[C@@H](c3cccc(Nc4cnccn4)n3)C2)cc1CO. The lowest BCUT2D eigenvalue weighted by molar-refractivity contribution is -0.0349. The van der Waals surface area contributed by atoms with E-state index >= 15 is 0 Å². The van der Waals surface area contributed by atoms with E-state index in [0.717, 1.165) is 42.2 Å². The van der Waals surface area contributed by atoms with Crippen LogP contribution in [0.1, 0.15) is 29.8 Å². The van der Waals surface area contributed by atoms with E-state index in [1.807, 2.05) is 37.3 Å². The van der Waals surface area contributed by atoms with Gasteiger partial charge in [-0.05, 0) is 36.8 Å². The quantitative estimate of drug-likeness (QED) is 0.573. The molecule has 2 N–H and O–H groups in total. The summed E-state index contributed by atoms with van der Waals surface area (Å²) in [6, 6.07) is 11.8. The van der Waals surface area contributed by atoms with Crippen LogP contribution in [-0.4, -0.2) is 51.3 Å². The van der Waals surface area contributed by atoms with Crippen LogP contribution in [0.25, 0.3) is 0 Å². The molecule has 0 radical (unpaired) electrons. The van der Waals surface area contributed by atoms with Crippen molar-refractivity contribution in [3.05, 3.63) is 71.8 Å². The maximum Gasteiger partial charge on any atom is 0.150 e. The highest BCUT2D eigenvalue weighted by molar-refractivity contribution is 5.50. The Morgan fingerprint density at radius 3 is 2.97 bits per heavy atom. The Morgan fingerprint density at radius 1 is 1.23 bits per heavy atom. The Bertz CT molecular complexity index is 986. The molecule has 8 nitrogen and oxygen atoms in total. The highest BCUT2D eigenvalue weighted by Crippen LogP contribution is 2.25. The summed E-state index contributed by atoms with van der Waals surface area (Å²) in [6.07, 6.45) is 4.81. The zero-order chi connectivity index (χ0) is 21.5. The molecule has 3 heterocycles. The zero-order valence-electron chi connectivity index (χ0n) is 17.6. The van der Waals surface area contributed by atoms with Crippen LogP contribution in [0.5, 0.6) is 5.75 Å². The number of hydrogen-bond donors (Lipinski definition) is 2. The minimum atomic E-state index is -0.114. The van der Waals surface area contributed by atoms with E-state index in [-0.39, 0.29) is 12.7 Å². The number of rotatable bonds is 8. The number of benzene rings is 1. The molecule has 4 rings (SSSR count). The summed E-state index contributed by atoms with van der Waals surface area (Å²) in [6.45, 7) is 5.47. The van der Waals surface area contributed by atoms with Crippen LogP contribution in [0.15, 0.2) is 55.0 Å². The lowest BCUT2D eigenvalue weighted by atomic mass is 10.1. The first-order chi connectivity index (χ1) is 15.2. The van der Waals surface area contributed by atoms with Gasteiger partial charge in [0.15, 0.2) is 0 Å². The van der Waals surface area contributed by atoms with Gasteiger partial charge >= 0.3 is 0 Å². The topological polar surface area (TPSA) is 92.6 Å². The molecular weight excluding hydrogens is 394 g/mol. The van der Waals surface area contributed by atoms with Crippen molar-refractivity contribution in [2.24, 2.45) is 0 Å². The van der Waals surface area contributed by atoms with Gasteiger partial charge in [0.25, 0.3) is 0 Å². The highest BCUT2D eigenvalue weighted by atomic mass is 16.5. The first-order valence-electron chi connectivity index (χ1n) is 10.4. The molecule has 1 saturated heterocycles. The van der Waals surface area contributed by atoms with Gasteiger partial charge in [0, 0.05) is 37.6 Å². The van der Waals surface area contributed by atoms with Gasteiger partial charge < -0.3 is 19.9 Å². The Kier molecular flexibility index (Phi) is 7.03. The van der Waals surface area contributed by atoms with E-state index in [1.165, 1.54) is 0 Å². The second-order valence-corrected chi connectivity index (χ2v) is 7.29. The Labute approximate surface area is 181 Å². The third-order valence-corrected chi connectivity index (χ3v) is 5.07. The second-order valence-electron chi connectivity index (χ2n) is 7.29. The predicted octanol–water partition coefficient (Wildman–Crippen LogP) is 3.08. The van der Waals surface area contributed by atoms with Crippen LogP contribution in [0.2, 0.25) is 0 Å². The van der Waals surface area contributed by atoms with Crippen molar-refractivity contribution in [1.29, 1.82) is 0 Å². The molecule has 0 spiro atoms. The van der Waals surface area contributed by atoms with Crippen LogP contribution < -0.4 is 10.1 Å². The largest absolute Gasteiger partial charge is 0.494 e. The standard InChI is InChI=1S/C23H27N5O3/c1-2-30-20-7-6-17(12-18(20)16-29)14-28-10-11-31-21(15-28)19-4-3-5-22(26-19)27-23-13-24-8-9-25-23/h3-9,12-13,21,29H,2,10-11,14-16H2,1H3,(H,25,26,27)/t21-/m1/s1. The molecule has 0 aliphatic carbocycles. The lowest BCUT2D eigenvalue weighted by Gasteiger charge is -2.33. The van der Waals surface area contributed by atoms with Gasteiger partial charge in [-0.3, -0.25) is 9.88 Å². The van der Waals surface area contributed by atoms with Crippen molar-refractivity contribution in [3.8, 4) is 5.75 Å². The fourth-order valence-electron chi connectivity index (χ4n) is 3.63. The van der Waals surface area contributed by atoms with Crippen molar-refractivity contribution in [3.63, 3.8) is 0 Å². The normalized spacial score (nSPS) is 16.8. The van der Waals surface area contributed by atoms with Gasteiger partial charge in [0.2, 0.25) is 0 Å². The number of nitrogens with zero attached hydrogens (tertiary/aromatic N) is 4. The summed E-state index contributed by atoms with van der Waals surface area (Å²) in [4.78, 5) is 15.3. The number of aliphatic hydroxyl groups excluding tert-OH is 1. The van der Waals surface area contributed by atoms with Gasteiger partial charge in [-0.25, -0.2) is 9.97 Å². The number of aliphatic hydroxyl groups is 1. The monoisotopic (exact) mass is 421 g/mol. The summed E-state index contributed by atoms with van der Waals surface area (Å²) >= 11 is 0. The molecule has 1 fully saturated rings. The van der Waals surface area contributed by atoms with Gasteiger partial charge in [0.1, 0.15) is 23.5 Å². The van der Waals surface area contributed by atoms with Crippen molar-refractivity contribution < 1.29 is 14.6 Å². The number of ether oxygens (including phenoxy) is 2. The third kappa shape index (κ3) is 5.55. The number of aromatic nitrogens is 3. The van der Waals surface area contributed by atoms with Gasteiger partial charge in [-0.15, -0.1) is 0 Å². The average molecular weight is 422 g/mol. The fourth-order valence-corrected chi connectivity index (χ4v) is 3.63. The summed E-state index contributed by atoms with van der Waals surface area (Å²) in [5, 5.41) is 12.8. The number of nitrogens with one attached hydrogen (secondary N) is 1. The molecule has 1 aliphatic rings. The minimum absolute atomic E-state index is 0.0373. The van der Waals surface area contributed by atoms with Gasteiger partial charge in [0.05, 0.1) is 31.7 Å². The molecular formula is C23H27N5O3. The molecule has 1 aliphatic heterocycles. The molecule has 8 heteroatoms. The van der Waals surface area contributed by atoms with Crippen LogP contribution >= 0.6 is 0 Å². The summed E-state index contributed by atoms with van der Waals surface area (Å²) < 4.78 is 11.6. The number of hydrogen-bond acceptors (Lipinski definition) is 8. The van der Waals surface area contributed by atoms with Crippen LogP contribution in [-0.2, 0) is 17.9 Å². The van der Waals surface area contributed by atoms with E-state index in [4.69, 9.17) is 14.5 Å². The number of pyridine rings is 1. The maximum absolute atomic E-state index is 9.66. The summed E-state index contributed by atoms with van der Waals surface area (Å²) in [5.41, 5.74) is 2.83. The number of morpholine rings is 1. The molecule has 2 aromatic heterocycles. The summed E-state index contributed by atoms with van der Waals surface area (Å²) in [7, 11) is 0. The van der Waals surface area contributed by atoms with Crippen LogP contribution in [0.4, 0.5) is 11.6 Å². The fraction of sp³-hybridized carbons (Fsp3) is 0.348. The molecule has 0 saturated carbocycles. The summed E-state index contributed by atoms with van der Waals surface area (Å²) in [5.74, 6) is 2.09. The second kappa shape index (κ2) is 10.3. The molecule has 3 aromatic rings. The van der Waals surface area contributed by atoms with Crippen molar-refractivity contribution in [1.82, 2.24) is 19.9 Å². The van der Waals surface area contributed by atoms with Crippen LogP contribution in [0, 0.1) is 0 Å². The van der Waals surface area contributed by atoms with Gasteiger partial charge in [-0.2, -0.15) is 0 Å². The minimum Gasteiger partial charge on any atom is -0.494 e. The molecule has 1 aromatic carbocycles. The first kappa shape index (κ1) is 21.2. The molecule has 0 amide bonds. The molecule has 0 bridgehead atoms. The molecule has 1 atom stereocenters. The van der Waals surface area contributed by atoms with Crippen molar-refractivity contribution in [2.75, 3.05) is 31.6 Å².